The molecule has 2 aromatic carbocycles. The molecule has 0 spiro atoms. The fourth-order valence-electron chi connectivity index (χ4n) is 1.63. The molecular weight excluding hydrogens is 324 g/mol. The highest BCUT2D eigenvalue weighted by atomic mass is 79.9. The van der Waals surface area contributed by atoms with Crippen LogP contribution in [0.25, 0.3) is 0 Å². The highest BCUT2D eigenvalue weighted by molar-refractivity contribution is 9.10. The number of hydrogen-bond acceptors (Lipinski definition) is 4. The molecule has 0 fully saturated rings. The van der Waals surface area contributed by atoms with E-state index in [1.807, 2.05) is 0 Å². The fraction of sp³-hybridized carbons (Fsp3) is 0.133. The van der Waals surface area contributed by atoms with Gasteiger partial charge in [-0.15, -0.1) is 0 Å². The molecule has 0 atom stereocenters. The first-order chi connectivity index (χ1) is 9.63. The van der Waals surface area contributed by atoms with Crippen molar-refractivity contribution in [3.05, 3.63) is 52.5 Å². The summed E-state index contributed by atoms with van der Waals surface area (Å²) in [5.41, 5.74) is 0.367. The van der Waals surface area contributed by atoms with E-state index in [2.05, 4.69) is 15.9 Å². The summed E-state index contributed by atoms with van der Waals surface area (Å²) in [6.07, 6.45) is 0. The molecule has 0 saturated carbocycles. The highest BCUT2D eigenvalue weighted by Crippen LogP contribution is 2.30. The summed E-state index contributed by atoms with van der Waals surface area (Å²) < 4.78 is 16.4. The molecular formula is C15H13BrO4. The van der Waals surface area contributed by atoms with Crippen molar-refractivity contribution >= 4 is 21.9 Å². The maximum Gasteiger partial charge on any atom is 0.341 e. The minimum absolute atomic E-state index is 0.367. The number of carbonyl (C=O) groups is 1. The molecule has 0 saturated heterocycles. The molecule has 0 bridgehead atoms. The van der Waals surface area contributed by atoms with Gasteiger partial charge in [-0.2, -0.15) is 0 Å². The number of hydrogen-bond donors (Lipinski definition) is 0. The largest absolute Gasteiger partial charge is 0.497 e. The molecule has 5 heteroatoms. The van der Waals surface area contributed by atoms with Crippen molar-refractivity contribution in [1.82, 2.24) is 0 Å². The molecule has 20 heavy (non-hydrogen) atoms. The molecule has 0 aliphatic carbocycles. The SMILES string of the molecule is COC(=O)c1ccc(Br)cc1Oc1ccc(OC)cc1. The summed E-state index contributed by atoms with van der Waals surface area (Å²) in [5.74, 6) is 1.33. The van der Waals surface area contributed by atoms with E-state index in [0.29, 0.717) is 17.1 Å². The van der Waals surface area contributed by atoms with E-state index in [1.54, 1.807) is 49.6 Å². The van der Waals surface area contributed by atoms with Crippen LogP contribution in [-0.4, -0.2) is 20.2 Å². The Morgan fingerprint density at radius 2 is 1.65 bits per heavy atom. The summed E-state index contributed by atoms with van der Waals surface area (Å²) in [4.78, 5) is 11.7. The van der Waals surface area contributed by atoms with Gasteiger partial charge >= 0.3 is 5.97 Å². The molecule has 0 unspecified atom stereocenters. The molecule has 0 radical (unpaired) electrons. The smallest absolute Gasteiger partial charge is 0.341 e. The Hall–Kier alpha value is -2.01. The molecule has 0 N–H and O–H groups in total. The monoisotopic (exact) mass is 336 g/mol. The number of methoxy groups -OCH3 is 2. The normalized spacial score (nSPS) is 9.95. The second-order valence-electron chi connectivity index (χ2n) is 3.91. The Morgan fingerprint density at radius 3 is 2.25 bits per heavy atom. The predicted octanol–water partition coefficient (Wildman–Crippen LogP) is 4.04. The minimum atomic E-state index is -0.444. The van der Waals surface area contributed by atoms with Gasteiger partial charge in [0.15, 0.2) is 0 Å². The molecule has 0 aliphatic heterocycles. The highest BCUT2D eigenvalue weighted by Gasteiger charge is 2.14. The van der Waals surface area contributed by atoms with Gasteiger partial charge < -0.3 is 14.2 Å². The molecule has 2 aromatic rings. The molecule has 0 aliphatic rings. The Kier molecular flexibility index (Phi) is 4.63. The number of esters is 1. The van der Waals surface area contributed by atoms with Gasteiger partial charge in [0.2, 0.25) is 0 Å². The van der Waals surface area contributed by atoms with E-state index < -0.39 is 5.97 Å². The van der Waals surface area contributed by atoms with Crippen molar-refractivity contribution in [2.75, 3.05) is 14.2 Å². The van der Waals surface area contributed by atoms with Gasteiger partial charge in [0.1, 0.15) is 22.8 Å². The quantitative estimate of drug-likeness (QED) is 0.790. The first-order valence-electron chi connectivity index (χ1n) is 5.84. The fourth-order valence-corrected chi connectivity index (χ4v) is 1.97. The van der Waals surface area contributed by atoms with Crippen LogP contribution in [0.1, 0.15) is 10.4 Å². The Bertz CT molecular complexity index is 608. The average molecular weight is 337 g/mol. The van der Waals surface area contributed by atoms with Crippen LogP contribution < -0.4 is 9.47 Å². The van der Waals surface area contributed by atoms with Gasteiger partial charge in [0, 0.05) is 4.47 Å². The van der Waals surface area contributed by atoms with Gasteiger partial charge in [-0.25, -0.2) is 4.79 Å². The third-order valence-electron chi connectivity index (χ3n) is 2.64. The summed E-state index contributed by atoms with van der Waals surface area (Å²) in [6.45, 7) is 0. The summed E-state index contributed by atoms with van der Waals surface area (Å²) in [7, 11) is 2.93. The second-order valence-corrected chi connectivity index (χ2v) is 4.83. The van der Waals surface area contributed by atoms with E-state index in [9.17, 15) is 4.79 Å². The Morgan fingerprint density at radius 1 is 1.00 bits per heavy atom. The summed E-state index contributed by atoms with van der Waals surface area (Å²) in [6, 6.07) is 12.2. The number of benzene rings is 2. The first kappa shape index (κ1) is 14.4. The van der Waals surface area contributed by atoms with E-state index in [4.69, 9.17) is 14.2 Å². The number of carbonyl (C=O) groups excluding carboxylic acids is 1. The Balaban J connectivity index is 2.31. The maximum atomic E-state index is 11.7. The molecule has 4 nitrogen and oxygen atoms in total. The van der Waals surface area contributed by atoms with Crippen molar-refractivity contribution in [3.63, 3.8) is 0 Å². The zero-order valence-corrected chi connectivity index (χ0v) is 12.6. The van der Waals surface area contributed by atoms with Gasteiger partial charge in [0.25, 0.3) is 0 Å². The maximum absolute atomic E-state index is 11.7. The van der Waals surface area contributed by atoms with E-state index in [0.717, 1.165) is 10.2 Å². The van der Waals surface area contributed by atoms with Crippen molar-refractivity contribution in [3.8, 4) is 17.2 Å². The van der Waals surface area contributed by atoms with E-state index in [1.165, 1.54) is 7.11 Å². The minimum Gasteiger partial charge on any atom is -0.497 e. The molecule has 0 heterocycles. The van der Waals surface area contributed by atoms with Crippen LogP contribution in [0.2, 0.25) is 0 Å². The van der Waals surface area contributed by atoms with Crippen LogP contribution in [0.15, 0.2) is 46.9 Å². The average Bonchev–Trinajstić information content (AvgIpc) is 2.47. The lowest BCUT2D eigenvalue weighted by atomic mass is 10.2. The lowest BCUT2D eigenvalue weighted by molar-refractivity contribution is 0.0598. The molecule has 2 rings (SSSR count). The van der Waals surface area contributed by atoms with Crippen LogP contribution in [0.3, 0.4) is 0 Å². The standard InChI is InChI=1S/C15H13BrO4/c1-18-11-4-6-12(7-5-11)20-14-9-10(16)3-8-13(14)15(17)19-2/h3-9H,1-2H3. The summed E-state index contributed by atoms with van der Waals surface area (Å²) >= 11 is 3.35. The van der Waals surface area contributed by atoms with Crippen molar-refractivity contribution in [1.29, 1.82) is 0 Å². The number of halogens is 1. The zero-order valence-electron chi connectivity index (χ0n) is 11.1. The lowest BCUT2D eigenvalue weighted by Gasteiger charge is -2.10. The van der Waals surface area contributed by atoms with Gasteiger partial charge in [-0.3, -0.25) is 0 Å². The van der Waals surface area contributed by atoms with Crippen LogP contribution in [0.4, 0.5) is 0 Å². The van der Waals surface area contributed by atoms with Gasteiger partial charge in [0.05, 0.1) is 14.2 Å². The van der Waals surface area contributed by atoms with Crippen LogP contribution >= 0.6 is 15.9 Å². The predicted molar refractivity (Wildman–Crippen MR) is 78.5 cm³/mol. The topological polar surface area (TPSA) is 44.8 Å². The third kappa shape index (κ3) is 3.30. The first-order valence-corrected chi connectivity index (χ1v) is 6.63. The lowest BCUT2D eigenvalue weighted by Crippen LogP contribution is -2.03. The molecule has 0 aromatic heterocycles. The number of ether oxygens (including phenoxy) is 3. The van der Waals surface area contributed by atoms with Crippen LogP contribution in [0, 0.1) is 0 Å². The van der Waals surface area contributed by atoms with Gasteiger partial charge in [-0.05, 0) is 42.5 Å². The van der Waals surface area contributed by atoms with Crippen molar-refractivity contribution in [2.24, 2.45) is 0 Å². The van der Waals surface area contributed by atoms with Crippen LogP contribution in [0.5, 0.6) is 17.2 Å². The number of rotatable bonds is 4. The Labute approximate surface area is 125 Å². The van der Waals surface area contributed by atoms with E-state index >= 15 is 0 Å². The van der Waals surface area contributed by atoms with Gasteiger partial charge in [-0.1, -0.05) is 15.9 Å². The second kappa shape index (κ2) is 6.43. The van der Waals surface area contributed by atoms with Crippen molar-refractivity contribution in [2.45, 2.75) is 0 Å². The molecule has 0 amide bonds. The van der Waals surface area contributed by atoms with Crippen LogP contribution in [-0.2, 0) is 4.74 Å². The third-order valence-corrected chi connectivity index (χ3v) is 3.13. The summed E-state index contributed by atoms with van der Waals surface area (Å²) in [5, 5.41) is 0. The molecule has 104 valence electrons. The van der Waals surface area contributed by atoms with E-state index in [-0.39, 0.29) is 0 Å². The van der Waals surface area contributed by atoms with Crippen molar-refractivity contribution < 1.29 is 19.0 Å². The zero-order chi connectivity index (χ0) is 14.5.